The normalized spacial score (nSPS) is 32.2. The van der Waals surface area contributed by atoms with Gasteiger partial charge in [0.15, 0.2) is 0 Å². The van der Waals surface area contributed by atoms with Crippen molar-refractivity contribution in [1.82, 2.24) is 10.3 Å². The maximum Gasteiger partial charge on any atom is 0.201 e. The summed E-state index contributed by atoms with van der Waals surface area (Å²) in [6.07, 6.45) is 10.7. The van der Waals surface area contributed by atoms with Gasteiger partial charge in [0.1, 0.15) is 5.60 Å². The maximum atomic E-state index is 6.17. The number of ether oxygens (including phenoxy) is 1. The van der Waals surface area contributed by atoms with Crippen molar-refractivity contribution < 1.29 is 14.5 Å². The van der Waals surface area contributed by atoms with Crippen molar-refractivity contribution in [1.29, 1.82) is 0 Å². The number of rotatable bonds is 5. The van der Waals surface area contributed by atoms with E-state index in [0.29, 0.717) is 24.6 Å². The van der Waals surface area contributed by atoms with E-state index in [0.717, 1.165) is 53.8 Å². The SMILES string of the molecule is CC1(C)COC2(CCC(NC[C@@H]3CCCC[C@@H]3Nc3ccnc4cc(Cl)ccc34)CC2)OO1. The van der Waals surface area contributed by atoms with Gasteiger partial charge in [0.05, 0.1) is 12.1 Å². The number of hydrogen-bond acceptors (Lipinski definition) is 6. The van der Waals surface area contributed by atoms with Crippen LogP contribution in [0.25, 0.3) is 10.9 Å². The lowest BCUT2D eigenvalue weighted by atomic mass is 9.83. The fourth-order valence-electron chi connectivity index (χ4n) is 5.44. The Labute approximate surface area is 201 Å². The standard InChI is InChI=1S/C26H36ClN3O3/c1-25(2)17-31-26(33-32-25)12-9-20(10-13-26)29-16-18-5-3-4-6-22(18)30-23-11-14-28-24-15-19(27)7-8-21(23)24/h7-8,11,14-15,18,20,22,29H,3-6,9-10,12-13,16-17H2,1-2H3,(H,28,30)/t18-,20?,22-,26?/m0/s1. The van der Waals surface area contributed by atoms with Crippen LogP contribution in [0.5, 0.6) is 0 Å². The smallest absolute Gasteiger partial charge is 0.201 e. The Morgan fingerprint density at radius 2 is 1.88 bits per heavy atom. The highest BCUT2D eigenvalue weighted by molar-refractivity contribution is 6.31. The second kappa shape index (κ2) is 9.67. The number of halogens is 1. The fraction of sp³-hybridized carbons (Fsp3) is 0.654. The summed E-state index contributed by atoms with van der Waals surface area (Å²) >= 11 is 6.17. The first kappa shape index (κ1) is 23.3. The first-order chi connectivity index (χ1) is 15.9. The van der Waals surface area contributed by atoms with Gasteiger partial charge < -0.3 is 15.4 Å². The topological polar surface area (TPSA) is 64.6 Å². The number of benzene rings is 1. The molecule has 33 heavy (non-hydrogen) atoms. The molecule has 3 aliphatic rings. The van der Waals surface area contributed by atoms with E-state index >= 15 is 0 Å². The number of hydrogen-bond donors (Lipinski definition) is 2. The van der Waals surface area contributed by atoms with E-state index in [9.17, 15) is 0 Å². The van der Waals surface area contributed by atoms with Gasteiger partial charge in [0, 0.05) is 53.8 Å². The van der Waals surface area contributed by atoms with Crippen molar-refractivity contribution in [2.45, 2.75) is 88.7 Å². The average Bonchev–Trinajstić information content (AvgIpc) is 2.82. The van der Waals surface area contributed by atoms with E-state index in [1.807, 2.05) is 32.2 Å². The summed E-state index contributed by atoms with van der Waals surface area (Å²) in [4.78, 5) is 15.8. The summed E-state index contributed by atoms with van der Waals surface area (Å²) in [5, 5.41) is 9.58. The highest BCUT2D eigenvalue weighted by Crippen LogP contribution is 2.38. The molecule has 0 unspecified atom stereocenters. The van der Waals surface area contributed by atoms with E-state index in [1.54, 1.807) is 0 Å². The molecule has 0 amide bonds. The van der Waals surface area contributed by atoms with E-state index in [-0.39, 0.29) is 5.60 Å². The van der Waals surface area contributed by atoms with Crippen molar-refractivity contribution in [2.24, 2.45) is 5.92 Å². The molecule has 1 saturated heterocycles. The molecule has 1 aromatic heterocycles. The lowest BCUT2D eigenvalue weighted by molar-refractivity contribution is -0.511. The molecule has 6 nitrogen and oxygen atoms in total. The Balaban J connectivity index is 1.16. The molecule has 5 rings (SSSR count). The van der Waals surface area contributed by atoms with E-state index in [1.165, 1.54) is 25.7 Å². The first-order valence-corrected chi connectivity index (χ1v) is 12.8. The molecule has 2 heterocycles. The van der Waals surface area contributed by atoms with Crippen LogP contribution >= 0.6 is 11.6 Å². The average molecular weight is 474 g/mol. The van der Waals surface area contributed by atoms with E-state index in [2.05, 4.69) is 27.8 Å². The van der Waals surface area contributed by atoms with Gasteiger partial charge in [-0.25, -0.2) is 9.78 Å². The molecule has 180 valence electrons. The highest BCUT2D eigenvalue weighted by atomic mass is 35.5. The molecular formula is C26H36ClN3O3. The number of pyridine rings is 1. The number of nitrogens with one attached hydrogen (secondary N) is 2. The molecule has 3 fully saturated rings. The monoisotopic (exact) mass is 473 g/mol. The largest absolute Gasteiger partial charge is 0.381 e. The third-order valence-corrected chi connectivity index (χ3v) is 7.71. The molecule has 0 radical (unpaired) electrons. The van der Waals surface area contributed by atoms with Gasteiger partial charge in [0.2, 0.25) is 5.79 Å². The van der Waals surface area contributed by atoms with E-state index in [4.69, 9.17) is 26.1 Å². The van der Waals surface area contributed by atoms with Gasteiger partial charge in [-0.1, -0.05) is 24.4 Å². The van der Waals surface area contributed by atoms with Crippen LogP contribution in [0.3, 0.4) is 0 Å². The van der Waals surface area contributed by atoms with Gasteiger partial charge in [-0.2, -0.15) is 0 Å². The molecule has 1 aliphatic heterocycles. The van der Waals surface area contributed by atoms with Crippen molar-refractivity contribution in [2.75, 3.05) is 18.5 Å². The third kappa shape index (κ3) is 5.46. The minimum absolute atomic E-state index is 0.365. The number of fused-ring (bicyclic) bond motifs is 1. The summed E-state index contributed by atoms with van der Waals surface area (Å²) in [5.41, 5.74) is 1.73. The molecule has 2 atom stereocenters. The Hall–Kier alpha value is -1.44. The fourth-order valence-corrected chi connectivity index (χ4v) is 5.60. The zero-order chi connectivity index (χ0) is 22.9. The van der Waals surface area contributed by atoms with Gasteiger partial charge >= 0.3 is 0 Å². The number of aromatic nitrogens is 1. The Bertz CT molecular complexity index is 949. The van der Waals surface area contributed by atoms with E-state index < -0.39 is 5.79 Å². The summed E-state index contributed by atoms with van der Waals surface area (Å²) in [6.45, 7) is 5.60. The number of nitrogens with zero attached hydrogens (tertiary/aromatic N) is 1. The summed E-state index contributed by atoms with van der Waals surface area (Å²) in [7, 11) is 0. The van der Waals surface area contributed by atoms with Crippen molar-refractivity contribution in [3.63, 3.8) is 0 Å². The Morgan fingerprint density at radius 1 is 1.06 bits per heavy atom. The van der Waals surface area contributed by atoms with Gasteiger partial charge in [-0.15, -0.1) is 0 Å². The van der Waals surface area contributed by atoms with Gasteiger partial charge in [-0.3, -0.25) is 4.98 Å². The second-order valence-corrected chi connectivity index (χ2v) is 11.1. The van der Waals surface area contributed by atoms with Crippen molar-refractivity contribution in [3.8, 4) is 0 Å². The first-order valence-electron chi connectivity index (χ1n) is 12.5. The molecular weight excluding hydrogens is 438 g/mol. The lowest BCUT2D eigenvalue weighted by Crippen LogP contribution is -2.53. The third-order valence-electron chi connectivity index (χ3n) is 7.47. The van der Waals surface area contributed by atoms with Crippen LogP contribution in [0.2, 0.25) is 5.02 Å². The van der Waals surface area contributed by atoms with Crippen LogP contribution in [0.15, 0.2) is 30.5 Å². The van der Waals surface area contributed by atoms with Crippen LogP contribution in [0, 0.1) is 5.92 Å². The lowest BCUT2D eigenvalue weighted by Gasteiger charge is -2.45. The predicted molar refractivity (Wildman–Crippen MR) is 131 cm³/mol. The highest BCUT2D eigenvalue weighted by Gasteiger charge is 2.45. The molecule has 2 N–H and O–H groups in total. The van der Waals surface area contributed by atoms with Crippen LogP contribution in [-0.4, -0.2) is 41.6 Å². The van der Waals surface area contributed by atoms with Crippen molar-refractivity contribution >= 4 is 28.2 Å². The van der Waals surface area contributed by atoms with Gasteiger partial charge in [0.25, 0.3) is 0 Å². The molecule has 1 aromatic carbocycles. The Kier molecular flexibility index (Phi) is 6.83. The van der Waals surface area contributed by atoms with Crippen molar-refractivity contribution in [3.05, 3.63) is 35.5 Å². The summed E-state index contributed by atoms with van der Waals surface area (Å²) in [6, 6.07) is 9.00. The summed E-state index contributed by atoms with van der Waals surface area (Å²) < 4.78 is 6.09. The molecule has 0 bridgehead atoms. The minimum Gasteiger partial charge on any atom is -0.381 e. The molecule has 2 aliphatic carbocycles. The quantitative estimate of drug-likeness (QED) is 0.531. The second-order valence-electron chi connectivity index (χ2n) is 10.6. The number of anilines is 1. The van der Waals surface area contributed by atoms with Crippen LogP contribution in [0.1, 0.15) is 65.2 Å². The maximum absolute atomic E-state index is 6.17. The zero-order valence-electron chi connectivity index (χ0n) is 19.7. The summed E-state index contributed by atoms with van der Waals surface area (Å²) in [5.74, 6) is 0.0601. The Morgan fingerprint density at radius 3 is 2.67 bits per heavy atom. The molecule has 1 spiro atoms. The van der Waals surface area contributed by atoms with Gasteiger partial charge in [-0.05, 0) is 69.7 Å². The molecule has 2 aromatic rings. The zero-order valence-corrected chi connectivity index (χ0v) is 20.5. The molecule has 2 saturated carbocycles. The molecule has 7 heteroatoms. The van der Waals surface area contributed by atoms with Crippen LogP contribution in [-0.2, 0) is 14.5 Å². The minimum atomic E-state index is -0.548. The predicted octanol–water partition coefficient (Wildman–Crippen LogP) is 5.84. The van der Waals surface area contributed by atoms with Crippen LogP contribution in [0.4, 0.5) is 5.69 Å². The van der Waals surface area contributed by atoms with Crippen LogP contribution < -0.4 is 10.6 Å².